The molecule has 0 saturated heterocycles. The second-order valence-corrected chi connectivity index (χ2v) is 6.71. The number of imidazole rings is 1. The Labute approximate surface area is 162 Å². The lowest BCUT2D eigenvalue weighted by molar-refractivity contribution is -0.116. The molecule has 0 spiro atoms. The van der Waals surface area contributed by atoms with Crippen LogP contribution in [-0.2, 0) is 4.79 Å². The minimum atomic E-state index is -0.0185. The number of pyridine rings is 1. The summed E-state index contributed by atoms with van der Waals surface area (Å²) >= 11 is 0. The summed E-state index contributed by atoms with van der Waals surface area (Å²) in [6.07, 6.45) is 0. The molecule has 2 aromatic carbocycles. The number of fused-ring (bicyclic) bond motifs is 3. The van der Waals surface area contributed by atoms with Crippen LogP contribution in [-0.4, -0.2) is 22.3 Å². The lowest BCUT2D eigenvalue weighted by Gasteiger charge is -2.16. The fourth-order valence-corrected chi connectivity index (χ4v) is 3.28. The predicted octanol–water partition coefficient (Wildman–Crippen LogP) is 4.39. The number of amides is 1. The van der Waals surface area contributed by atoms with E-state index in [0.29, 0.717) is 11.2 Å². The summed E-state index contributed by atoms with van der Waals surface area (Å²) in [6, 6.07) is 19.7. The molecule has 0 bridgehead atoms. The average Bonchev–Trinajstić information content (AvgIpc) is 3.07. The largest absolute Gasteiger partial charge is 0.341 e. The van der Waals surface area contributed by atoms with Crippen LogP contribution in [0.2, 0.25) is 0 Å². The van der Waals surface area contributed by atoms with Crippen LogP contribution < -0.4 is 10.2 Å². The first kappa shape index (κ1) is 17.6. The molecule has 0 aliphatic carbocycles. The Hall–Kier alpha value is -3.85. The van der Waals surface area contributed by atoms with E-state index in [1.54, 1.807) is 11.9 Å². The summed E-state index contributed by atoms with van der Waals surface area (Å²) in [5.74, 6) is 0.808. The molecule has 0 fully saturated rings. The van der Waals surface area contributed by atoms with E-state index in [1.807, 2.05) is 65.9 Å². The second-order valence-electron chi connectivity index (χ2n) is 6.71. The lowest BCUT2D eigenvalue weighted by Crippen LogP contribution is -2.22. The zero-order valence-corrected chi connectivity index (χ0v) is 15.9. The number of hydrogen-bond acceptors (Lipinski definition) is 4. The Morgan fingerprint density at radius 2 is 1.89 bits per heavy atom. The van der Waals surface area contributed by atoms with Gasteiger partial charge in [0.05, 0.1) is 16.6 Å². The molecule has 0 unspecified atom stereocenters. The average molecular weight is 369 g/mol. The van der Waals surface area contributed by atoms with Gasteiger partial charge in [-0.1, -0.05) is 12.1 Å². The minimum absolute atomic E-state index is 0.0185. The highest BCUT2D eigenvalue weighted by molar-refractivity contribution is 5.91. The van der Waals surface area contributed by atoms with Crippen molar-refractivity contribution < 1.29 is 4.79 Å². The van der Waals surface area contributed by atoms with Crippen molar-refractivity contribution in [1.82, 2.24) is 9.38 Å². The van der Waals surface area contributed by atoms with Crippen LogP contribution in [0, 0.1) is 18.3 Å². The van der Waals surface area contributed by atoms with Crippen LogP contribution in [0.4, 0.5) is 17.2 Å². The lowest BCUT2D eigenvalue weighted by atomic mass is 10.1. The van der Waals surface area contributed by atoms with Crippen LogP contribution in [0.15, 0.2) is 54.6 Å². The van der Waals surface area contributed by atoms with Crippen molar-refractivity contribution in [3.63, 3.8) is 0 Å². The van der Waals surface area contributed by atoms with E-state index in [2.05, 4.69) is 16.4 Å². The predicted molar refractivity (Wildman–Crippen MR) is 111 cm³/mol. The highest BCUT2D eigenvalue weighted by Gasteiger charge is 2.15. The van der Waals surface area contributed by atoms with Gasteiger partial charge in [-0.2, -0.15) is 5.26 Å². The van der Waals surface area contributed by atoms with Crippen molar-refractivity contribution in [1.29, 1.82) is 5.26 Å². The van der Waals surface area contributed by atoms with Crippen LogP contribution in [0.25, 0.3) is 16.7 Å². The van der Waals surface area contributed by atoms with Gasteiger partial charge in [-0.25, -0.2) is 4.98 Å². The number of nitriles is 1. The smallest absolute Gasteiger partial charge is 0.223 e. The normalized spacial score (nSPS) is 10.8. The minimum Gasteiger partial charge on any atom is -0.341 e. The van der Waals surface area contributed by atoms with Gasteiger partial charge < -0.3 is 10.2 Å². The van der Waals surface area contributed by atoms with Crippen LogP contribution in [0.5, 0.6) is 0 Å². The van der Waals surface area contributed by atoms with Gasteiger partial charge in [0.15, 0.2) is 5.65 Å². The Bertz CT molecular complexity index is 1250. The number of aromatic nitrogens is 2. The number of para-hydroxylation sites is 2. The number of carbonyl (C=O) groups is 1. The molecule has 6 heteroatoms. The second kappa shape index (κ2) is 6.71. The van der Waals surface area contributed by atoms with Crippen molar-refractivity contribution in [2.24, 2.45) is 0 Å². The Morgan fingerprint density at radius 1 is 1.18 bits per heavy atom. The molecular weight excluding hydrogens is 350 g/mol. The first-order chi connectivity index (χ1) is 13.5. The summed E-state index contributed by atoms with van der Waals surface area (Å²) in [7, 11) is 1.75. The molecule has 1 amide bonds. The maximum atomic E-state index is 11.5. The maximum absolute atomic E-state index is 11.5. The summed E-state index contributed by atoms with van der Waals surface area (Å²) in [5, 5.41) is 13.0. The molecule has 0 atom stereocenters. The number of carbonyl (C=O) groups excluding carboxylic acids is 1. The monoisotopic (exact) mass is 369 g/mol. The maximum Gasteiger partial charge on any atom is 0.223 e. The zero-order valence-electron chi connectivity index (χ0n) is 15.9. The fourth-order valence-electron chi connectivity index (χ4n) is 3.28. The van der Waals surface area contributed by atoms with Gasteiger partial charge in [-0.05, 0) is 55.0 Å². The van der Waals surface area contributed by atoms with Crippen molar-refractivity contribution in [2.75, 3.05) is 17.3 Å². The Kier molecular flexibility index (Phi) is 4.21. The van der Waals surface area contributed by atoms with E-state index in [9.17, 15) is 10.1 Å². The van der Waals surface area contributed by atoms with Gasteiger partial charge in [-0.15, -0.1) is 0 Å². The van der Waals surface area contributed by atoms with Crippen LogP contribution in [0.1, 0.15) is 18.1 Å². The van der Waals surface area contributed by atoms with E-state index >= 15 is 0 Å². The molecule has 0 radical (unpaired) electrons. The van der Waals surface area contributed by atoms with E-state index < -0.39 is 0 Å². The SMILES string of the molecule is CC(=O)N(C)c1ccc(Nc2cc(C)c(C#N)c3nc4ccccc4n23)cc1. The van der Waals surface area contributed by atoms with Gasteiger partial charge in [0.2, 0.25) is 5.91 Å². The summed E-state index contributed by atoms with van der Waals surface area (Å²) in [4.78, 5) is 17.8. The Balaban J connectivity index is 1.83. The van der Waals surface area contributed by atoms with Crippen LogP contribution >= 0.6 is 0 Å². The van der Waals surface area contributed by atoms with Crippen molar-refractivity contribution in [2.45, 2.75) is 13.8 Å². The van der Waals surface area contributed by atoms with E-state index in [0.717, 1.165) is 33.8 Å². The standard InChI is InChI=1S/C22H19N5O/c1-14-12-21(24-16-8-10-17(11-9-16)26(3)15(2)28)27-20-7-5-4-6-19(20)25-22(27)18(14)13-23/h4-12,24H,1-3H3. The van der Waals surface area contributed by atoms with Gasteiger partial charge in [-0.3, -0.25) is 9.20 Å². The topological polar surface area (TPSA) is 73.4 Å². The first-order valence-electron chi connectivity index (χ1n) is 8.92. The molecule has 2 heterocycles. The summed E-state index contributed by atoms with van der Waals surface area (Å²) in [5.41, 5.74) is 5.55. The molecule has 138 valence electrons. The number of rotatable bonds is 3. The molecule has 0 saturated carbocycles. The van der Waals surface area contributed by atoms with Crippen molar-refractivity contribution in [3.05, 3.63) is 65.7 Å². The number of nitrogens with zero attached hydrogens (tertiary/aromatic N) is 4. The van der Waals surface area contributed by atoms with Gasteiger partial charge in [0.25, 0.3) is 0 Å². The van der Waals surface area contributed by atoms with E-state index in [4.69, 9.17) is 0 Å². The molecule has 28 heavy (non-hydrogen) atoms. The number of hydrogen-bond donors (Lipinski definition) is 1. The third-order valence-electron chi connectivity index (χ3n) is 4.88. The quantitative estimate of drug-likeness (QED) is 0.581. The molecule has 6 nitrogen and oxygen atoms in total. The molecule has 0 aliphatic rings. The van der Waals surface area contributed by atoms with Crippen molar-refractivity contribution >= 4 is 39.8 Å². The molecule has 4 aromatic rings. The van der Waals surface area contributed by atoms with Gasteiger partial charge in [0.1, 0.15) is 11.9 Å². The molecular formula is C22H19N5O. The fraction of sp³-hybridized carbons (Fsp3) is 0.136. The third-order valence-corrected chi connectivity index (χ3v) is 4.88. The molecule has 0 aliphatic heterocycles. The third kappa shape index (κ3) is 2.83. The van der Waals surface area contributed by atoms with Gasteiger partial charge in [0, 0.05) is 25.3 Å². The number of anilines is 3. The zero-order chi connectivity index (χ0) is 19.8. The summed E-state index contributed by atoms with van der Waals surface area (Å²) < 4.78 is 1.97. The van der Waals surface area contributed by atoms with Gasteiger partial charge >= 0.3 is 0 Å². The van der Waals surface area contributed by atoms with E-state index in [-0.39, 0.29) is 5.91 Å². The number of nitrogens with one attached hydrogen (secondary N) is 1. The van der Waals surface area contributed by atoms with E-state index in [1.165, 1.54) is 6.92 Å². The number of benzene rings is 2. The Morgan fingerprint density at radius 3 is 2.57 bits per heavy atom. The highest BCUT2D eigenvalue weighted by atomic mass is 16.2. The highest BCUT2D eigenvalue weighted by Crippen LogP contribution is 2.29. The number of aryl methyl sites for hydroxylation is 1. The molecule has 1 N–H and O–H groups in total. The van der Waals surface area contributed by atoms with Crippen LogP contribution in [0.3, 0.4) is 0 Å². The summed E-state index contributed by atoms with van der Waals surface area (Å²) in [6.45, 7) is 3.45. The molecule has 2 aromatic heterocycles. The van der Waals surface area contributed by atoms with Crippen molar-refractivity contribution in [3.8, 4) is 6.07 Å². The first-order valence-corrected chi connectivity index (χ1v) is 8.92. The molecule has 4 rings (SSSR count).